The zero-order valence-electron chi connectivity index (χ0n) is 26.6. The van der Waals surface area contributed by atoms with Crippen LogP contribution in [0.15, 0.2) is 60.7 Å². The summed E-state index contributed by atoms with van der Waals surface area (Å²) in [5.74, 6) is -1.87. The van der Waals surface area contributed by atoms with E-state index >= 15 is 0 Å². The van der Waals surface area contributed by atoms with Crippen LogP contribution in [0.4, 0.5) is 20.2 Å². The van der Waals surface area contributed by atoms with Crippen LogP contribution in [0.3, 0.4) is 0 Å². The standard InChI is InChI=1S/C19H17ClFNO5S.C15H15ClFNO3/c1-26-13-6-4-11(21)16(17(13)27-2)18-10-7-9(20)3-5-12(10)22-19(25)14(28-18)8-15(23)24;1-20-12-6-4-10(17)13(15(12)21-2)14(19)9-7-8(16)3-5-11(9)18/h3-7,14,18H,8H2,1-2H3,(H,22,25)(H,23,24);3-7,14,19H,18H2,1-2H3/t14-,18+;/m0./s1. The Labute approximate surface area is 295 Å². The molecular weight excluding hydrogens is 705 g/mol. The Morgan fingerprint density at radius 3 is 2.10 bits per heavy atom. The van der Waals surface area contributed by atoms with E-state index in [0.29, 0.717) is 44.0 Å². The lowest BCUT2D eigenvalue weighted by atomic mass is 9.98. The molecule has 0 radical (unpaired) electrons. The first-order valence-electron chi connectivity index (χ1n) is 14.4. The number of hydrogen-bond acceptors (Lipinski definition) is 9. The van der Waals surface area contributed by atoms with Gasteiger partial charge in [0.2, 0.25) is 5.91 Å². The van der Waals surface area contributed by atoms with Crippen molar-refractivity contribution in [2.45, 2.75) is 23.0 Å². The van der Waals surface area contributed by atoms with Crippen molar-refractivity contribution in [1.82, 2.24) is 0 Å². The van der Waals surface area contributed by atoms with E-state index in [0.717, 1.165) is 11.8 Å². The molecule has 1 unspecified atom stereocenters. The number of thioether (sulfide) groups is 1. The van der Waals surface area contributed by atoms with Crippen molar-refractivity contribution in [2.24, 2.45) is 0 Å². The number of carboxylic acids is 1. The predicted octanol–water partition coefficient (Wildman–Crippen LogP) is 7.27. The molecule has 0 spiro atoms. The molecule has 1 aliphatic rings. The molecule has 0 fully saturated rings. The SMILES string of the molecule is COc1ccc(F)c(C(O)c2cc(Cl)ccc2N)c1OC.COc1ccc(F)c([C@@H]2S[C@@H](CC(=O)O)C(=O)Nc3ccc(Cl)cc32)c1OC. The molecule has 15 heteroatoms. The summed E-state index contributed by atoms with van der Waals surface area (Å²) < 4.78 is 50.0. The molecule has 1 heterocycles. The average Bonchev–Trinajstić information content (AvgIpc) is 3.20. The second-order valence-electron chi connectivity index (χ2n) is 10.4. The maximum Gasteiger partial charge on any atom is 0.305 e. The second-order valence-corrected chi connectivity index (χ2v) is 12.6. The molecule has 4 aromatic carbocycles. The van der Waals surface area contributed by atoms with Crippen LogP contribution in [0.2, 0.25) is 10.0 Å². The van der Waals surface area contributed by atoms with E-state index in [2.05, 4.69) is 5.32 Å². The molecule has 0 saturated carbocycles. The van der Waals surface area contributed by atoms with Crippen molar-refractivity contribution >= 4 is 58.2 Å². The van der Waals surface area contributed by atoms with Gasteiger partial charge in [-0.1, -0.05) is 23.2 Å². The number of ether oxygens (including phenoxy) is 4. The van der Waals surface area contributed by atoms with E-state index in [1.165, 1.54) is 58.8 Å². The Balaban J connectivity index is 0.000000230. The summed E-state index contributed by atoms with van der Waals surface area (Å²) in [5.41, 5.74) is 7.51. The van der Waals surface area contributed by atoms with Gasteiger partial charge < -0.3 is 40.2 Å². The molecular formula is C34H32Cl2F2N2O8S. The van der Waals surface area contributed by atoms with Crippen molar-refractivity contribution < 1.29 is 47.5 Å². The number of carboxylic acid groups (broad SMARTS) is 1. The lowest BCUT2D eigenvalue weighted by molar-refractivity contribution is -0.138. The van der Waals surface area contributed by atoms with Gasteiger partial charge in [-0.2, -0.15) is 0 Å². The number of aliphatic hydroxyl groups is 1. The molecule has 4 aromatic rings. The van der Waals surface area contributed by atoms with Crippen LogP contribution in [0.1, 0.15) is 40.0 Å². The van der Waals surface area contributed by atoms with Gasteiger partial charge in [-0.15, -0.1) is 11.8 Å². The van der Waals surface area contributed by atoms with Gasteiger partial charge in [0, 0.05) is 27.0 Å². The van der Waals surface area contributed by atoms with Gasteiger partial charge in [-0.25, -0.2) is 8.78 Å². The highest BCUT2D eigenvalue weighted by molar-refractivity contribution is 8.01. The molecule has 0 aromatic heterocycles. The first-order chi connectivity index (χ1) is 23.3. The largest absolute Gasteiger partial charge is 0.493 e. The number of nitrogens with one attached hydrogen (secondary N) is 1. The monoisotopic (exact) mass is 736 g/mol. The number of nitrogen functional groups attached to an aromatic ring is 1. The average molecular weight is 738 g/mol. The van der Waals surface area contributed by atoms with Gasteiger partial charge in [-0.3, -0.25) is 9.59 Å². The molecule has 5 N–H and O–H groups in total. The summed E-state index contributed by atoms with van der Waals surface area (Å²) in [6, 6.07) is 14.8. The van der Waals surface area contributed by atoms with Crippen molar-refractivity contribution in [1.29, 1.82) is 0 Å². The number of anilines is 2. The first-order valence-corrected chi connectivity index (χ1v) is 16.1. The third-order valence-corrected chi connectivity index (χ3v) is 9.39. The number of benzene rings is 4. The number of fused-ring (bicyclic) bond motifs is 1. The minimum Gasteiger partial charge on any atom is -0.493 e. The van der Waals surface area contributed by atoms with Crippen LogP contribution in [0.5, 0.6) is 23.0 Å². The van der Waals surface area contributed by atoms with E-state index in [4.69, 9.17) is 47.9 Å². The molecule has 260 valence electrons. The third-order valence-electron chi connectivity index (χ3n) is 7.45. The van der Waals surface area contributed by atoms with E-state index in [1.807, 2.05) is 0 Å². The Morgan fingerprint density at radius 2 is 1.49 bits per heavy atom. The van der Waals surface area contributed by atoms with E-state index in [1.54, 1.807) is 30.3 Å². The Bertz CT molecular complexity index is 1870. The van der Waals surface area contributed by atoms with Crippen LogP contribution in [-0.4, -0.2) is 55.8 Å². The quantitative estimate of drug-likeness (QED) is 0.129. The molecule has 10 nitrogen and oxygen atoms in total. The Kier molecular flexibility index (Phi) is 12.4. The molecule has 1 aliphatic heterocycles. The minimum absolute atomic E-state index is 0.0502. The fourth-order valence-electron chi connectivity index (χ4n) is 5.19. The molecule has 1 amide bonds. The normalized spacial score (nSPS) is 15.8. The third kappa shape index (κ3) is 8.24. The maximum absolute atomic E-state index is 14.9. The number of hydrogen-bond donors (Lipinski definition) is 4. The van der Waals surface area contributed by atoms with Crippen LogP contribution in [0, 0.1) is 11.6 Å². The molecule has 0 aliphatic carbocycles. The number of methoxy groups -OCH3 is 4. The summed E-state index contributed by atoms with van der Waals surface area (Å²) in [4.78, 5) is 23.8. The van der Waals surface area contributed by atoms with Gasteiger partial charge in [0.05, 0.1) is 56.5 Å². The second kappa shape index (κ2) is 16.3. The Hall–Kier alpha value is -4.43. The van der Waals surface area contributed by atoms with Crippen molar-refractivity contribution in [3.63, 3.8) is 0 Å². The van der Waals surface area contributed by atoms with Gasteiger partial charge >= 0.3 is 5.97 Å². The number of nitrogens with two attached hydrogens (primary N) is 1. The fraction of sp³-hybridized carbons (Fsp3) is 0.235. The van der Waals surface area contributed by atoms with Crippen LogP contribution in [-0.2, 0) is 9.59 Å². The topological polar surface area (TPSA) is 150 Å². The lowest BCUT2D eigenvalue weighted by Gasteiger charge is -2.23. The number of carbonyl (C=O) groups excluding carboxylic acids is 1. The number of aliphatic carboxylic acids is 1. The molecule has 0 bridgehead atoms. The summed E-state index contributed by atoms with van der Waals surface area (Å²) >= 11 is 13.1. The number of aliphatic hydroxyl groups excluding tert-OH is 1. The summed E-state index contributed by atoms with van der Waals surface area (Å²) in [5, 5.41) is 21.5. The molecule has 0 saturated heterocycles. The number of amides is 1. The lowest BCUT2D eigenvalue weighted by Crippen LogP contribution is -2.26. The van der Waals surface area contributed by atoms with Gasteiger partial charge in [0.1, 0.15) is 17.7 Å². The summed E-state index contributed by atoms with van der Waals surface area (Å²) in [7, 11) is 5.62. The van der Waals surface area contributed by atoms with Crippen molar-refractivity contribution in [3.05, 3.63) is 105 Å². The van der Waals surface area contributed by atoms with E-state index in [-0.39, 0.29) is 22.6 Å². The summed E-state index contributed by atoms with van der Waals surface area (Å²) in [6.45, 7) is 0. The van der Waals surface area contributed by atoms with E-state index in [9.17, 15) is 28.6 Å². The first kappa shape index (κ1) is 37.4. The number of rotatable bonds is 9. The zero-order valence-corrected chi connectivity index (χ0v) is 28.9. The fourth-order valence-corrected chi connectivity index (χ4v) is 7.00. The van der Waals surface area contributed by atoms with Gasteiger partial charge in [-0.05, 0) is 66.2 Å². The number of halogens is 4. The predicted molar refractivity (Wildman–Crippen MR) is 184 cm³/mol. The highest BCUT2D eigenvalue weighted by Gasteiger charge is 2.36. The smallest absolute Gasteiger partial charge is 0.305 e. The minimum atomic E-state index is -1.33. The van der Waals surface area contributed by atoms with Crippen LogP contribution >= 0.6 is 35.0 Å². The van der Waals surface area contributed by atoms with Crippen LogP contribution in [0.25, 0.3) is 0 Å². The van der Waals surface area contributed by atoms with E-state index < -0.39 is 46.5 Å². The zero-order chi connectivity index (χ0) is 36.0. The van der Waals surface area contributed by atoms with Gasteiger partial charge in [0.25, 0.3) is 0 Å². The number of carbonyl (C=O) groups is 2. The molecule has 49 heavy (non-hydrogen) atoms. The van der Waals surface area contributed by atoms with Crippen molar-refractivity contribution in [2.75, 3.05) is 39.5 Å². The maximum atomic E-state index is 14.9. The van der Waals surface area contributed by atoms with Gasteiger partial charge in [0.15, 0.2) is 23.0 Å². The summed E-state index contributed by atoms with van der Waals surface area (Å²) in [6.07, 6.45) is -1.74. The Morgan fingerprint density at radius 1 is 0.898 bits per heavy atom. The van der Waals surface area contributed by atoms with Crippen LogP contribution < -0.4 is 30.0 Å². The highest BCUT2D eigenvalue weighted by atomic mass is 35.5. The van der Waals surface area contributed by atoms with Crippen molar-refractivity contribution in [3.8, 4) is 23.0 Å². The highest BCUT2D eigenvalue weighted by Crippen LogP contribution is 2.51. The molecule has 3 atom stereocenters. The molecule has 5 rings (SSSR count).